The molecule has 0 saturated heterocycles. The van der Waals surface area contributed by atoms with E-state index in [1.807, 2.05) is 41.8 Å². The minimum atomic E-state index is -1.01. The van der Waals surface area contributed by atoms with Gasteiger partial charge in [0.15, 0.2) is 0 Å². The number of nitrogens with one attached hydrogen (secondary N) is 1. The number of amides is 1. The summed E-state index contributed by atoms with van der Waals surface area (Å²) in [6.45, 7) is 0.202. The topological polar surface area (TPSA) is 75.6 Å². The van der Waals surface area contributed by atoms with Crippen molar-refractivity contribution >= 4 is 23.2 Å². The molecule has 188 valence electrons. The third kappa shape index (κ3) is 5.63. The van der Waals surface area contributed by atoms with Crippen LogP contribution in [0.2, 0.25) is 0 Å². The number of carbonyl (C=O) groups is 2. The molecule has 2 N–H and O–H groups in total. The molecule has 38 heavy (non-hydrogen) atoms. The average Bonchev–Trinajstić information content (AvgIpc) is 3.44. The van der Waals surface area contributed by atoms with Gasteiger partial charge in [0.1, 0.15) is 17.3 Å². The second-order valence-corrected chi connectivity index (χ2v) is 9.40. The number of rotatable bonds is 8. The number of carbonyl (C=O) groups excluding carboxylic acids is 1. The lowest BCUT2D eigenvalue weighted by molar-refractivity contribution is 0.0696. The fraction of sp³-hybridized carbons (Fsp3) is 0.0323. The van der Waals surface area contributed by atoms with Crippen molar-refractivity contribution in [1.29, 1.82) is 0 Å². The summed E-state index contributed by atoms with van der Waals surface area (Å²) in [5.74, 6) is -1.02. The van der Waals surface area contributed by atoms with Crippen molar-refractivity contribution in [3.8, 4) is 33.1 Å². The van der Waals surface area contributed by atoms with E-state index in [0.29, 0.717) is 17.1 Å². The fourth-order valence-corrected chi connectivity index (χ4v) is 4.90. The minimum absolute atomic E-state index is 0.174. The first-order valence-electron chi connectivity index (χ1n) is 11.8. The zero-order valence-electron chi connectivity index (χ0n) is 20.1. The third-order valence-electron chi connectivity index (χ3n) is 5.93. The smallest absolute Gasteiger partial charge is 0.335 e. The number of benzene rings is 4. The molecule has 0 radical (unpaired) electrons. The number of halogens is 1. The molecule has 0 aliphatic carbocycles. The van der Waals surface area contributed by atoms with Crippen LogP contribution < -0.4 is 10.1 Å². The van der Waals surface area contributed by atoms with Crippen molar-refractivity contribution in [2.75, 3.05) is 0 Å². The lowest BCUT2D eigenvalue weighted by Crippen LogP contribution is -2.23. The number of carboxylic acids is 1. The van der Waals surface area contributed by atoms with Gasteiger partial charge in [-0.1, -0.05) is 42.5 Å². The first kappa shape index (κ1) is 24.9. The van der Waals surface area contributed by atoms with Gasteiger partial charge >= 0.3 is 5.97 Å². The molecule has 0 atom stereocenters. The summed E-state index contributed by atoms with van der Waals surface area (Å²) < 4.78 is 19.4. The summed E-state index contributed by atoms with van der Waals surface area (Å²) in [6, 6.07) is 29.4. The van der Waals surface area contributed by atoms with Crippen molar-refractivity contribution in [2.24, 2.45) is 0 Å². The molecule has 1 amide bonds. The molecule has 1 heterocycles. The highest BCUT2D eigenvalue weighted by Gasteiger charge is 2.18. The predicted molar refractivity (Wildman–Crippen MR) is 146 cm³/mol. The van der Waals surface area contributed by atoms with Crippen LogP contribution in [-0.2, 0) is 6.54 Å². The first-order chi connectivity index (χ1) is 18.5. The highest BCUT2D eigenvalue weighted by atomic mass is 32.1. The van der Waals surface area contributed by atoms with Gasteiger partial charge in [0.25, 0.3) is 5.91 Å². The molecule has 5 rings (SSSR count). The van der Waals surface area contributed by atoms with Crippen LogP contribution in [0.25, 0.3) is 21.6 Å². The van der Waals surface area contributed by atoms with E-state index < -0.39 is 5.97 Å². The Bertz CT molecular complexity index is 1580. The van der Waals surface area contributed by atoms with Crippen LogP contribution >= 0.6 is 11.3 Å². The largest absolute Gasteiger partial charge is 0.478 e. The van der Waals surface area contributed by atoms with Gasteiger partial charge in [0, 0.05) is 17.0 Å². The Morgan fingerprint density at radius 2 is 1.58 bits per heavy atom. The van der Waals surface area contributed by atoms with Crippen LogP contribution in [0.3, 0.4) is 0 Å². The standard InChI is InChI=1S/C31H22FNO4S/c32-24-11-13-25(14-12-24)37-28-15-10-23(29-26(16-17-38-29)21-4-2-1-3-5-21)18-27(28)30(34)33-19-20-6-8-22(9-7-20)31(35)36/h1-18H,19H2,(H,33,34)(H,35,36). The van der Waals surface area contributed by atoms with Crippen molar-refractivity contribution < 1.29 is 23.8 Å². The molecule has 4 aromatic carbocycles. The highest BCUT2D eigenvalue weighted by molar-refractivity contribution is 7.14. The van der Waals surface area contributed by atoms with E-state index in [-0.39, 0.29) is 23.8 Å². The van der Waals surface area contributed by atoms with E-state index >= 15 is 0 Å². The molecule has 0 aliphatic rings. The maximum atomic E-state index is 13.4. The molecule has 0 unspecified atom stereocenters. The second-order valence-electron chi connectivity index (χ2n) is 8.48. The monoisotopic (exact) mass is 523 g/mol. The molecule has 5 nitrogen and oxygen atoms in total. The maximum absolute atomic E-state index is 13.4. The Hall–Kier alpha value is -4.75. The van der Waals surface area contributed by atoms with Crippen molar-refractivity contribution in [2.45, 2.75) is 6.54 Å². The van der Waals surface area contributed by atoms with Gasteiger partial charge in [-0.25, -0.2) is 9.18 Å². The highest BCUT2D eigenvalue weighted by Crippen LogP contribution is 2.39. The SMILES string of the molecule is O=C(O)c1ccc(CNC(=O)c2cc(-c3sccc3-c3ccccc3)ccc2Oc2ccc(F)cc2)cc1. The number of aromatic carboxylic acids is 1. The van der Waals surface area contributed by atoms with Gasteiger partial charge in [-0.15, -0.1) is 11.3 Å². The van der Waals surface area contributed by atoms with E-state index in [1.54, 1.807) is 35.6 Å². The minimum Gasteiger partial charge on any atom is -0.478 e. The molecule has 0 saturated carbocycles. The summed E-state index contributed by atoms with van der Waals surface area (Å²) in [5, 5.41) is 14.0. The lowest BCUT2D eigenvalue weighted by atomic mass is 10.0. The molecular formula is C31H22FNO4S. The van der Waals surface area contributed by atoms with Crippen LogP contribution in [0.4, 0.5) is 4.39 Å². The first-order valence-corrected chi connectivity index (χ1v) is 12.7. The van der Waals surface area contributed by atoms with Crippen molar-refractivity contribution in [3.63, 3.8) is 0 Å². The van der Waals surface area contributed by atoms with Crippen molar-refractivity contribution in [1.82, 2.24) is 5.32 Å². The normalized spacial score (nSPS) is 10.7. The molecule has 0 spiro atoms. The quantitative estimate of drug-likeness (QED) is 0.219. The maximum Gasteiger partial charge on any atom is 0.335 e. The zero-order valence-corrected chi connectivity index (χ0v) is 20.9. The predicted octanol–water partition coefficient (Wildman–Crippen LogP) is 7.64. The number of ether oxygens (including phenoxy) is 1. The van der Waals surface area contributed by atoms with Gasteiger partial charge in [0.2, 0.25) is 0 Å². The molecular weight excluding hydrogens is 501 g/mol. The molecule has 0 aliphatic heterocycles. The van der Waals surface area contributed by atoms with Crippen LogP contribution in [0.1, 0.15) is 26.3 Å². The Labute approximate surface area is 222 Å². The summed E-state index contributed by atoms with van der Waals surface area (Å²) >= 11 is 1.58. The van der Waals surface area contributed by atoms with E-state index in [1.165, 1.54) is 36.4 Å². The number of carboxylic acid groups (broad SMARTS) is 1. The Balaban J connectivity index is 1.46. The number of hydrogen-bond acceptors (Lipinski definition) is 4. The molecule has 0 bridgehead atoms. The molecule has 1 aromatic heterocycles. The van der Waals surface area contributed by atoms with Crippen LogP contribution in [0.5, 0.6) is 11.5 Å². The van der Waals surface area contributed by atoms with Gasteiger partial charge in [-0.2, -0.15) is 0 Å². The fourth-order valence-electron chi connectivity index (χ4n) is 3.99. The number of thiophene rings is 1. The Morgan fingerprint density at radius 1 is 0.842 bits per heavy atom. The van der Waals surface area contributed by atoms with E-state index in [0.717, 1.165) is 27.1 Å². The van der Waals surface area contributed by atoms with Gasteiger partial charge < -0.3 is 15.2 Å². The molecule has 5 aromatic rings. The van der Waals surface area contributed by atoms with E-state index in [9.17, 15) is 14.0 Å². The number of hydrogen-bond donors (Lipinski definition) is 2. The van der Waals surface area contributed by atoms with Crippen molar-refractivity contribution in [3.05, 3.63) is 131 Å². The summed E-state index contributed by atoms with van der Waals surface area (Å²) in [7, 11) is 0. The summed E-state index contributed by atoms with van der Waals surface area (Å²) in [5.41, 5.74) is 4.25. The Kier molecular flexibility index (Phi) is 7.28. The summed E-state index contributed by atoms with van der Waals surface area (Å²) in [4.78, 5) is 25.5. The van der Waals surface area contributed by atoms with Crippen LogP contribution in [0.15, 0.2) is 109 Å². The lowest BCUT2D eigenvalue weighted by Gasteiger charge is -2.14. The van der Waals surface area contributed by atoms with Gasteiger partial charge in [-0.05, 0) is 82.7 Å². The van der Waals surface area contributed by atoms with Crippen LogP contribution in [0, 0.1) is 5.82 Å². The third-order valence-corrected chi connectivity index (χ3v) is 6.90. The van der Waals surface area contributed by atoms with Gasteiger partial charge in [-0.3, -0.25) is 4.79 Å². The zero-order chi connectivity index (χ0) is 26.5. The average molecular weight is 524 g/mol. The second kappa shape index (κ2) is 11.1. The van der Waals surface area contributed by atoms with Gasteiger partial charge in [0.05, 0.1) is 11.1 Å². The van der Waals surface area contributed by atoms with Crippen LogP contribution in [-0.4, -0.2) is 17.0 Å². The Morgan fingerprint density at radius 3 is 2.29 bits per heavy atom. The van der Waals surface area contributed by atoms with E-state index in [2.05, 4.69) is 11.4 Å². The summed E-state index contributed by atoms with van der Waals surface area (Å²) in [6.07, 6.45) is 0. The van der Waals surface area contributed by atoms with E-state index in [4.69, 9.17) is 9.84 Å². The molecule has 7 heteroatoms. The molecule has 0 fully saturated rings.